The minimum absolute atomic E-state index is 0. The molecular formula is Fe3O8P2Zn3. The molecule has 0 aromatic carbocycles. The Labute approximate surface area is 162 Å². The molecule has 0 aliphatic rings. The Balaban J connectivity index is -0.00000000970. The van der Waals surface area contributed by atoms with Crippen LogP contribution in [0.4, 0.5) is 0 Å². The van der Waals surface area contributed by atoms with E-state index in [1.807, 2.05) is 0 Å². The van der Waals surface area contributed by atoms with Crippen LogP contribution in [0.15, 0.2) is 0 Å². The predicted octanol–water partition coefficient (Wildman–Crippen LogP) is -5.66. The maximum Gasteiger partial charge on any atom is 2.00 e. The second-order valence-corrected chi connectivity index (χ2v) is 2.68. The van der Waals surface area contributed by atoms with Crippen molar-refractivity contribution in [2.45, 2.75) is 0 Å². The Hall–Kier alpha value is 3.65. The summed E-state index contributed by atoms with van der Waals surface area (Å²) >= 11 is 0. The van der Waals surface area contributed by atoms with Gasteiger partial charge >= 0.3 is 58.4 Å². The van der Waals surface area contributed by atoms with E-state index >= 15 is 0 Å². The molecule has 16 heteroatoms. The van der Waals surface area contributed by atoms with Crippen molar-refractivity contribution in [3.05, 3.63) is 0 Å². The molecule has 0 aliphatic heterocycles. The molecule has 0 fully saturated rings. The van der Waals surface area contributed by atoms with Gasteiger partial charge in [-0.2, -0.15) is 15.6 Å². The van der Waals surface area contributed by atoms with Gasteiger partial charge in [0.05, 0.1) is 0 Å². The van der Waals surface area contributed by atoms with Crippen LogP contribution in [-0.4, -0.2) is 0 Å². The molecule has 0 saturated carbocycles. The minimum Gasteiger partial charge on any atom is -0.822 e. The SMILES string of the molecule is O=P([O-])([O-])[O-].O=P([O-])([O-])[O-].[Fe].[Fe].[Fe].[Zn+2].[Zn+2].[Zn+2]. The first-order chi connectivity index (χ1) is 4.00. The molecule has 16 heavy (non-hydrogen) atoms. The molecule has 0 amide bonds. The standard InChI is InChI=1S/3Fe.2H3O4P.3Zn/c;;;2*1-5(2,3)4;;;/h;;;2*(H3,1,2,3,4);;;/q;;;;;3*+2/p-6. The van der Waals surface area contributed by atoms with E-state index in [-0.39, 0.29) is 110 Å². The van der Waals surface area contributed by atoms with Gasteiger partial charge in [0.1, 0.15) is 0 Å². The van der Waals surface area contributed by atoms with Gasteiger partial charge in [-0.3, -0.25) is 0 Å². The molecule has 0 aromatic heterocycles. The Morgan fingerprint density at radius 1 is 0.500 bits per heavy atom. The van der Waals surface area contributed by atoms with Crippen LogP contribution in [0.3, 0.4) is 0 Å². The summed E-state index contributed by atoms with van der Waals surface area (Å²) in [5, 5.41) is 0. The van der Waals surface area contributed by atoms with Crippen LogP contribution < -0.4 is 29.4 Å². The van der Waals surface area contributed by atoms with Crippen molar-refractivity contribution >= 4 is 15.6 Å². The molecular weight excluding hydrogens is 554 g/mol. The van der Waals surface area contributed by atoms with Crippen molar-refractivity contribution in [3.8, 4) is 0 Å². The Bertz CT molecular complexity index is 141. The van der Waals surface area contributed by atoms with Crippen molar-refractivity contribution in [2.75, 3.05) is 0 Å². The number of hydrogen-bond acceptors (Lipinski definition) is 8. The van der Waals surface area contributed by atoms with E-state index in [1.165, 1.54) is 0 Å². The first-order valence-corrected chi connectivity index (χ1v) is 4.38. The molecule has 0 radical (unpaired) electrons. The smallest absolute Gasteiger partial charge is 0.822 e. The number of phosphoric acid groups is 2. The summed E-state index contributed by atoms with van der Waals surface area (Å²) in [5.74, 6) is 0. The normalized spacial score (nSPS) is 7.38. The zero-order chi connectivity index (χ0) is 9.00. The van der Waals surface area contributed by atoms with E-state index in [0.29, 0.717) is 0 Å². The second kappa shape index (κ2) is 23.7. The molecule has 88 valence electrons. The monoisotopic (exact) mass is 549 g/mol. The van der Waals surface area contributed by atoms with E-state index in [0.717, 1.165) is 0 Å². The van der Waals surface area contributed by atoms with Crippen molar-refractivity contribution in [1.29, 1.82) is 0 Å². The summed E-state index contributed by atoms with van der Waals surface area (Å²) in [7, 11) is -10.8. The fourth-order valence-electron chi connectivity index (χ4n) is 0. The van der Waals surface area contributed by atoms with E-state index in [1.54, 1.807) is 0 Å². The van der Waals surface area contributed by atoms with Gasteiger partial charge in [0.25, 0.3) is 0 Å². The minimum atomic E-state index is -5.39. The maximum absolute atomic E-state index is 8.55. The first kappa shape index (κ1) is 50.4. The van der Waals surface area contributed by atoms with Gasteiger partial charge in [-0.1, -0.05) is 0 Å². The molecule has 0 N–H and O–H groups in total. The molecule has 0 aromatic rings. The average Bonchev–Trinajstić information content (AvgIpc) is 1.12. The van der Waals surface area contributed by atoms with Crippen molar-refractivity contribution < 1.29 is 148 Å². The summed E-state index contributed by atoms with van der Waals surface area (Å²) in [6, 6.07) is 0. The van der Waals surface area contributed by atoms with Gasteiger partial charge in [0.2, 0.25) is 0 Å². The van der Waals surface area contributed by atoms with Gasteiger partial charge in [-0.05, 0) is 0 Å². The summed E-state index contributed by atoms with van der Waals surface area (Å²) < 4.78 is 17.1. The fraction of sp³-hybridized carbons (Fsp3) is 0. The van der Waals surface area contributed by atoms with E-state index in [4.69, 9.17) is 38.5 Å². The molecule has 8 nitrogen and oxygen atoms in total. The van der Waals surface area contributed by atoms with Crippen molar-refractivity contribution in [3.63, 3.8) is 0 Å². The quantitative estimate of drug-likeness (QED) is 0.211. The molecule has 0 saturated heterocycles. The van der Waals surface area contributed by atoms with Crippen LogP contribution in [0.25, 0.3) is 0 Å². The summed E-state index contributed by atoms with van der Waals surface area (Å²) in [4.78, 5) is 51.3. The number of rotatable bonds is 0. The third-order valence-electron chi connectivity index (χ3n) is 0. The van der Waals surface area contributed by atoms with Gasteiger partial charge in [-0.15, -0.1) is 0 Å². The van der Waals surface area contributed by atoms with Crippen LogP contribution in [0.1, 0.15) is 0 Å². The molecule has 0 unspecified atom stereocenters. The van der Waals surface area contributed by atoms with Crippen molar-refractivity contribution in [2.24, 2.45) is 0 Å². The number of hydrogen-bond donors (Lipinski definition) is 0. The average molecular weight is 554 g/mol. The van der Waals surface area contributed by atoms with E-state index in [2.05, 4.69) is 0 Å². The summed E-state index contributed by atoms with van der Waals surface area (Å²) in [5.41, 5.74) is 0. The Morgan fingerprint density at radius 3 is 0.500 bits per heavy atom. The van der Waals surface area contributed by atoms with Gasteiger partial charge in [0, 0.05) is 51.2 Å². The Morgan fingerprint density at radius 2 is 0.500 bits per heavy atom. The fourth-order valence-corrected chi connectivity index (χ4v) is 0. The van der Waals surface area contributed by atoms with Crippen molar-refractivity contribution in [1.82, 2.24) is 0 Å². The maximum atomic E-state index is 8.55. The largest absolute Gasteiger partial charge is 2.00 e. The summed E-state index contributed by atoms with van der Waals surface area (Å²) in [6.45, 7) is 0. The Kier molecular flexibility index (Phi) is 74.7. The third-order valence-corrected chi connectivity index (χ3v) is 0. The van der Waals surface area contributed by atoms with Crippen LogP contribution >= 0.6 is 15.6 Å². The summed E-state index contributed by atoms with van der Waals surface area (Å²) in [6.07, 6.45) is 0. The van der Waals surface area contributed by atoms with Crippen LogP contribution in [0.5, 0.6) is 0 Å². The first-order valence-electron chi connectivity index (χ1n) is 1.46. The van der Waals surface area contributed by atoms with Gasteiger partial charge < -0.3 is 38.5 Å². The molecule has 0 bridgehead atoms. The molecule has 0 heterocycles. The second-order valence-electron chi connectivity index (χ2n) is 0.894. The van der Waals surface area contributed by atoms with Gasteiger partial charge in [-0.25, -0.2) is 0 Å². The molecule has 0 spiro atoms. The molecule has 0 atom stereocenters. The molecule has 0 aliphatic carbocycles. The van der Waals surface area contributed by atoms with Crippen LogP contribution in [0, 0.1) is 0 Å². The van der Waals surface area contributed by atoms with Gasteiger partial charge in [0.15, 0.2) is 0 Å². The van der Waals surface area contributed by atoms with Crippen LogP contribution in [-0.2, 0) is 119 Å². The zero-order valence-electron chi connectivity index (χ0n) is 7.34. The molecule has 0 rings (SSSR count). The van der Waals surface area contributed by atoms with E-state index < -0.39 is 15.6 Å². The zero-order valence-corrected chi connectivity index (χ0v) is 21.3. The van der Waals surface area contributed by atoms with Crippen LogP contribution in [0.2, 0.25) is 0 Å². The predicted molar refractivity (Wildman–Crippen MR) is 15.2 cm³/mol. The van der Waals surface area contributed by atoms with E-state index in [9.17, 15) is 0 Å². The third kappa shape index (κ3) is 367. The topological polar surface area (TPSA) is 172 Å².